The number of hydrogen-bond donors (Lipinski definition) is 2. The van der Waals surface area contributed by atoms with E-state index in [0.717, 1.165) is 11.1 Å². The first kappa shape index (κ1) is 16.7. The van der Waals surface area contributed by atoms with E-state index in [9.17, 15) is 18.3 Å². The number of nitrogens with zero attached hydrogens (tertiary/aromatic N) is 1. The quantitative estimate of drug-likeness (QED) is 0.870. The van der Waals surface area contributed by atoms with Crippen LogP contribution < -0.4 is 4.72 Å². The maximum Gasteiger partial charge on any atom is 0.337 e. The van der Waals surface area contributed by atoms with Crippen molar-refractivity contribution < 1.29 is 23.1 Å². The molecule has 22 heavy (non-hydrogen) atoms. The second-order valence-electron chi connectivity index (χ2n) is 5.26. The van der Waals surface area contributed by atoms with Crippen molar-refractivity contribution in [1.82, 2.24) is 4.31 Å². The fourth-order valence-corrected chi connectivity index (χ4v) is 3.50. The van der Waals surface area contributed by atoms with Gasteiger partial charge in [0.2, 0.25) is 0 Å². The number of anilines is 1. The average Bonchev–Trinajstić information content (AvgIpc) is 2.71. The first-order chi connectivity index (χ1) is 10.3. The summed E-state index contributed by atoms with van der Waals surface area (Å²) in [6.45, 7) is 5.05. The van der Waals surface area contributed by atoms with Crippen molar-refractivity contribution in [2.75, 3.05) is 31.0 Å². The molecule has 0 spiro atoms. The van der Waals surface area contributed by atoms with Crippen molar-refractivity contribution in [2.24, 2.45) is 0 Å². The van der Waals surface area contributed by atoms with Crippen LogP contribution in [-0.2, 0) is 14.9 Å². The van der Waals surface area contributed by atoms with Crippen LogP contribution in [0.5, 0.6) is 0 Å². The molecule has 2 N–H and O–H groups in total. The molecule has 7 nitrogen and oxygen atoms in total. The van der Waals surface area contributed by atoms with Gasteiger partial charge in [-0.15, -0.1) is 0 Å². The van der Waals surface area contributed by atoms with E-state index in [-0.39, 0.29) is 17.8 Å². The molecule has 0 aliphatic carbocycles. The Labute approximate surface area is 130 Å². The molecule has 0 radical (unpaired) electrons. The summed E-state index contributed by atoms with van der Waals surface area (Å²) < 4.78 is 33.8. The van der Waals surface area contributed by atoms with Gasteiger partial charge in [-0.3, -0.25) is 4.72 Å². The summed E-state index contributed by atoms with van der Waals surface area (Å²) >= 11 is 0. The Hall–Kier alpha value is -1.64. The zero-order valence-electron chi connectivity index (χ0n) is 12.6. The van der Waals surface area contributed by atoms with E-state index in [0.29, 0.717) is 26.2 Å². The predicted octanol–water partition coefficient (Wildman–Crippen LogP) is 1.38. The van der Waals surface area contributed by atoms with E-state index in [2.05, 4.69) is 4.72 Å². The maximum absolute atomic E-state index is 12.4. The van der Waals surface area contributed by atoms with Gasteiger partial charge in [0.05, 0.1) is 17.9 Å². The second-order valence-corrected chi connectivity index (χ2v) is 6.93. The number of benzene rings is 1. The van der Waals surface area contributed by atoms with Crippen molar-refractivity contribution in [2.45, 2.75) is 20.3 Å². The summed E-state index contributed by atoms with van der Waals surface area (Å²) in [7, 11) is -3.81. The molecule has 1 aliphatic heterocycles. The van der Waals surface area contributed by atoms with Gasteiger partial charge in [0.25, 0.3) is 0 Å². The Balaban J connectivity index is 2.32. The van der Waals surface area contributed by atoms with Crippen LogP contribution in [0.1, 0.15) is 27.9 Å². The lowest BCUT2D eigenvalue weighted by Gasteiger charge is -2.21. The normalized spacial score (nSPS) is 17.0. The van der Waals surface area contributed by atoms with Gasteiger partial charge in [-0.05, 0) is 43.5 Å². The minimum absolute atomic E-state index is 0.0576. The molecule has 1 saturated heterocycles. The number of carbonyl (C=O) groups is 1. The van der Waals surface area contributed by atoms with Crippen LogP contribution in [0.2, 0.25) is 0 Å². The van der Waals surface area contributed by atoms with Gasteiger partial charge in [0, 0.05) is 19.7 Å². The molecule has 1 aliphatic rings. The number of hydrogen-bond acceptors (Lipinski definition) is 4. The van der Waals surface area contributed by atoms with Gasteiger partial charge in [-0.25, -0.2) is 4.79 Å². The van der Waals surface area contributed by atoms with Gasteiger partial charge in [-0.1, -0.05) is 0 Å². The molecule has 0 bridgehead atoms. The fraction of sp³-hybridized carbons (Fsp3) is 0.500. The van der Waals surface area contributed by atoms with Gasteiger partial charge in [-0.2, -0.15) is 12.7 Å². The van der Waals surface area contributed by atoms with Crippen LogP contribution >= 0.6 is 0 Å². The van der Waals surface area contributed by atoms with Gasteiger partial charge in [0.1, 0.15) is 0 Å². The van der Waals surface area contributed by atoms with Crippen molar-refractivity contribution in [3.63, 3.8) is 0 Å². The number of aryl methyl sites for hydroxylation is 2. The molecule has 2 rings (SSSR count). The highest BCUT2D eigenvalue weighted by molar-refractivity contribution is 7.90. The molecule has 0 saturated carbocycles. The van der Waals surface area contributed by atoms with Crippen LogP contribution in [0.4, 0.5) is 5.69 Å². The Morgan fingerprint density at radius 1 is 1.23 bits per heavy atom. The highest BCUT2D eigenvalue weighted by Gasteiger charge is 2.25. The van der Waals surface area contributed by atoms with Crippen LogP contribution in [0.3, 0.4) is 0 Å². The highest BCUT2D eigenvalue weighted by Crippen LogP contribution is 2.23. The van der Waals surface area contributed by atoms with E-state index in [1.54, 1.807) is 19.9 Å². The molecule has 1 aromatic rings. The largest absolute Gasteiger partial charge is 0.478 e. The van der Waals surface area contributed by atoms with Crippen LogP contribution in [0.15, 0.2) is 12.1 Å². The Morgan fingerprint density at radius 2 is 1.91 bits per heavy atom. The summed E-state index contributed by atoms with van der Waals surface area (Å²) in [5.74, 6) is -1.17. The van der Waals surface area contributed by atoms with E-state index < -0.39 is 16.2 Å². The third kappa shape index (κ3) is 3.76. The summed E-state index contributed by atoms with van der Waals surface area (Å²) in [5.41, 5.74) is 1.64. The first-order valence-electron chi connectivity index (χ1n) is 7.01. The van der Waals surface area contributed by atoms with Crippen molar-refractivity contribution in [1.29, 1.82) is 0 Å². The first-order valence-corrected chi connectivity index (χ1v) is 8.45. The van der Waals surface area contributed by atoms with Crippen molar-refractivity contribution in [3.05, 3.63) is 28.8 Å². The molecule has 122 valence electrons. The van der Waals surface area contributed by atoms with E-state index in [1.807, 2.05) is 0 Å². The minimum atomic E-state index is -3.81. The van der Waals surface area contributed by atoms with Crippen LogP contribution in [0.25, 0.3) is 0 Å². The molecule has 1 fully saturated rings. The Bertz CT molecular complexity index is 664. The summed E-state index contributed by atoms with van der Waals surface area (Å²) in [6.07, 6.45) is 0.611. The number of carboxylic acids is 1. The van der Waals surface area contributed by atoms with Gasteiger partial charge >= 0.3 is 16.2 Å². The van der Waals surface area contributed by atoms with Crippen molar-refractivity contribution >= 4 is 21.9 Å². The third-order valence-corrected chi connectivity index (χ3v) is 5.15. The number of carboxylic acid groups (broad SMARTS) is 1. The second kappa shape index (κ2) is 6.64. The Morgan fingerprint density at radius 3 is 2.59 bits per heavy atom. The SMILES string of the molecule is Cc1cc(NS(=O)(=O)N2CCCOCC2)c(C(=O)O)cc1C. The topological polar surface area (TPSA) is 95.9 Å². The van der Waals surface area contributed by atoms with Crippen LogP contribution in [-0.4, -0.2) is 50.1 Å². The molecular formula is C14H20N2O5S. The Kier molecular flexibility index (Phi) is 5.05. The number of aromatic carboxylic acids is 1. The molecule has 8 heteroatoms. The molecule has 0 aromatic heterocycles. The van der Waals surface area contributed by atoms with E-state index >= 15 is 0 Å². The summed E-state index contributed by atoms with van der Waals surface area (Å²) in [6, 6.07) is 3.02. The zero-order valence-corrected chi connectivity index (χ0v) is 13.4. The summed E-state index contributed by atoms with van der Waals surface area (Å²) in [5, 5.41) is 9.26. The fourth-order valence-electron chi connectivity index (χ4n) is 2.24. The summed E-state index contributed by atoms with van der Waals surface area (Å²) in [4.78, 5) is 11.3. The lowest BCUT2D eigenvalue weighted by Crippen LogP contribution is -2.38. The van der Waals surface area contributed by atoms with E-state index in [4.69, 9.17) is 4.74 Å². The number of nitrogens with one attached hydrogen (secondary N) is 1. The third-order valence-electron chi connectivity index (χ3n) is 3.62. The van der Waals surface area contributed by atoms with Crippen LogP contribution in [0, 0.1) is 13.8 Å². The standard InChI is InChI=1S/C14H20N2O5S/c1-10-8-12(14(17)18)13(9-11(10)2)15-22(19,20)16-4-3-6-21-7-5-16/h8-9,15H,3-7H2,1-2H3,(H,17,18). The smallest absolute Gasteiger partial charge is 0.337 e. The number of rotatable bonds is 4. The lowest BCUT2D eigenvalue weighted by molar-refractivity contribution is 0.0698. The minimum Gasteiger partial charge on any atom is -0.478 e. The molecule has 0 atom stereocenters. The molecule has 1 aromatic carbocycles. The van der Waals surface area contributed by atoms with Crippen molar-refractivity contribution in [3.8, 4) is 0 Å². The zero-order chi connectivity index (χ0) is 16.3. The average molecular weight is 328 g/mol. The number of ether oxygens (including phenoxy) is 1. The van der Waals surface area contributed by atoms with Gasteiger partial charge < -0.3 is 9.84 Å². The monoisotopic (exact) mass is 328 g/mol. The molecule has 1 heterocycles. The molecule has 0 unspecified atom stereocenters. The predicted molar refractivity (Wildman–Crippen MR) is 82.4 cm³/mol. The lowest BCUT2D eigenvalue weighted by atomic mass is 10.0. The molecule has 0 amide bonds. The molecular weight excluding hydrogens is 308 g/mol. The van der Waals surface area contributed by atoms with Gasteiger partial charge in [0.15, 0.2) is 0 Å². The highest BCUT2D eigenvalue weighted by atomic mass is 32.2. The van der Waals surface area contributed by atoms with E-state index in [1.165, 1.54) is 10.4 Å². The maximum atomic E-state index is 12.4.